The fourth-order valence-electron chi connectivity index (χ4n) is 1.38. The molecule has 0 spiro atoms. The largest absolute Gasteiger partial charge is 0.357 e. The minimum absolute atomic E-state index is 0.601. The van der Waals surface area contributed by atoms with Gasteiger partial charge in [-0.1, -0.05) is 18.5 Å². The van der Waals surface area contributed by atoms with Gasteiger partial charge in [-0.05, 0) is 13.3 Å². The molecule has 1 rings (SSSR count). The highest BCUT2D eigenvalue weighted by Gasteiger charge is 2.10. The SMILES string of the molecule is CCCN(CC)c1nc(NC)ncc1Cl. The standard InChI is InChI=1S/C10H17ClN4/c1-4-6-15(5-2)9-8(11)7-13-10(12-3)14-9/h7H,4-6H2,1-3H3,(H,12,13,14). The summed E-state index contributed by atoms with van der Waals surface area (Å²) in [6.07, 6.45) is 2.71. The summed E-state index contributed by atoms with van der Waals surface area (Å²) in [6, 6.07) is 0. The third-order valence-electron chi connectivity index (χ3n) is 2.12. The summed E-state index contributed by atoms with van der Waals surface area (Å²) in [4.78, 5) is 10.5. The fraction of sp³-hybridized carbons (Fsp3) is 0.600. The van der Waals surface area contributed by atoms with Crippen LogP contribution in [-0.4, -0.2) is 30.1 Å². The van der Waals surface area contributed by atoms with E-state index < -0.39 is 0 Å². The summed E-state index contributed by atoms with van der Waals surface area (Å²) in [7, 11) is 1.79. The van der Waals surface area contributed by atoms with Crippen LogP contribution < -0.4 is 10.2 Å². The number of nitrogens with zero attached hydrogens (tertiary/aromatic N) is 3. The van der Waals surface area contributed by atoms with Crippen molar-refractivity contribution in [1.82, 2.24) is 9.97 Å². The van der Waals surface area contributed by atoms with Gasteiger partial charge in [-0.15, -0.1) is 0 Å². The van der Waals surface area contributed by atoms with E-state index >= 15 is 0 Å². The van der Waals surface area contributed by atoms with Gasteiger partial charge in [0.2, 0.25) is 5.95 Å². The molecule has 15 heavy (non-hydrogen) atoms. The first-order chi connectivity index (χ1) is 7.22. The van der Waals surface area contributed by atoms with Crippen LogP contribution in [0.15, 0.2) is 6.20 Å². The lowest BCUT2D eigenvalue weighted by atomic mass is 10.4. The van der Waals surface area contributed by atoms with Gasteiger partial charge in [0, 0.05) is 20.1 Å². The quantitative estimate of drug-likeness (QED) is 0.841. The Kier molecular flexibility index (Phi) is 4.62. The van der Waals surface area contributed by atoms with E-state index in [0.29, 0.717) is 11.0 Å². The molecule has 0 aliphatic heterocycles. The van der Waals surface area contributed by atoms with E-state index in [1.807, 2.05) is 0 Å². The van der Waals surface area contributed by atoms with Crippen molar-refractivity contribution in [2.75, 3.05) is 30.4 Å². The van der Waals surface area contributed by atoms with Crippen molar-refractivity contribution >= 4 is 23.4 Å². The van der Waals surface area contributed by atoms with Crippen LogP contribution in [0.3, 0.4) is 0 Å². The molecule has 0 atom stereocenters. The summed E-state index contributed by atoms with van der Waals surface area (Å²) < 4.78 is 0. The number of aromatic nitrogens is 2. The van der Waals surface area contributed by atoms with Gasteiger partial charge < -0.3 is 10.2 Å². The predicted octanol–water partition coefficient (Wildman–Crippen LogP) is 2.41. The van der Waals surface area contributed by atoms with Gasteiger partial charge in [0.25, 0.3) is 0 Å². The second-order valence-corrected chi connectivity index (χ2v) is 3.60. The molecule has 0 unspecified atom stereocenters. The van der Waals surface area contributed by atoms with Crippen LogP contribution in [0.5, 0.6) is 0 Å². The monoisotopic (exact) mass is 228 g/mol. The molecule has 0 bridgehead atoms. The van der Waals surface area contributed by atoms with Gasteiger partial charge in [-0.3, -0.25) is 0 Å². The van der Waals surface area contributed by atoms with Crippen LogP contribution in [0.4, 0.5) is 11.8 Å². The minimum Gasteiger partial charge on any atom is -0.357 e. The first-order valence-electron chi connectivity index (χ1n) is 5.18. The van der Waals surface area contributed by atoms with E-state index in [4.69, 9.17) is 11.6 Å². The maximum absolute atomic E-state index is 6.07. The van der Waals surface area contributed by atoms with Crippen molar-refractivity contribution in [3.8, 4) is 0 Å². The molecule has 4 nitrogen and oxygen atoms in total. The average Bonchev–Trinajstić information content (AvgIpc) is 2.27. The molecule has 1 heterocycles. The number of rotatable bonds is 5. The first kappa shape index (κ1) is 12.0. The van der Waals surface area contributed by atoms with Crippen molar-refractivity contribution in [3.05, 3.63) is 11.2 Å². The summed E-state index contributed by atoms with van der Waals surface area (Å²) in [5.74, 6) is 1.41. The van der Waals surface area contributed by atoms with E-state index in [0.717, 1.165) is 25.3 Å². The molecular formula is C10H17ClN4. The highest BCUT2D eigenvalue weighted by molar-refractivity contribution is 6.32. The number of hydrogen-bond donors (Lipinski definition) is 1. The Bertz CT molecular complexity index is 316. The Morgan fingerprint density at radius 3 is 2.73 bits per heavy atom. The normalized spacial score (nSPS) is 10.1. The molecule has 0 aliphatic rings. The third-order valence-corrected chi connectivity index (χ3v) is 2.39. The zero-order valence-electron chi connectivity index (χ0n) is 9.42. The van der Waals surface area contributed by atoms with Crippen molar-refractivity contribution in [2.45, 2.75) is 20.3 Å². The Morgan fingerprint density at radius 2 is 2.20 bits per heavy atom. The van der Waals surface area contributed by atoms with Crippen LogP contribution in [0.2, 0.25) is 5.02 Å². The minimum atomic E-state index is 0.601. The Labute approximate surface area is 95.7 Å². The highest BCUT2D eigenvalue weighted by atomic mass is 35.5. The number of halogens is 1. The predicted molar refractivity (Wildman–Crippen MR) is 64.8 cm³/mol. The smallest absolute Gasteiger partial charge is 0.224 e. The van der Waals surface area contributed by atoms with Gasteiger partial charge in [-0.25, -0.2) is 4.98 Å². The number of nitrogens with one attached hydrogen (secondary N) is 1. The Morgan fingerprint density at radius 1 is 1.47 bits per heavy atom. The zero-order valence-corrected chi connectivity index (χ0v) is 10.2. The summed E-state index contributed by atoms with van der Waals surface area (Å²) in [5.41, 5.74) is 0. The fourth-order valence-corrected chi connectivity index (χ4v) is 1.59. The van der Waals surface area contributed by atoms with Crippen LogP contribution >= 0.6 is 11.6 Å². The molecule has 0 saturated carbocycles. The van der Waals surface area contributed by atoms with Crippen molar-refractivity contribution in [3.63, 3.8) is 0 Å². The van der Waals surface area contributed by atoms with Gasteiger partial charge in [-0.2, -0.15) is 4.98 Å². The summed E-state index contributed by atoms with van der Waals surface area (Å²) >= 11 is 6.07. The summed E-state index contributed by atoms with van der Waals surface area (Å²) in [6.45, 7) is 6.08. The molecule has 84 valence electrons. The van der Waals surface area contributed by atoms with Gasteiger partial charge in [0.15, 0.2) is 5.82 Å². The maximum Gasteiger partial charge on any atom is 0.224 e. The lowest BCUT2D eigenvalue weighted by molar-refractivity contribution is 0.777. The van der Waals surface area contributed by atoms with E-state index in [1.165, 1.54) is 0 Å². The molecule has 1 aromatic rings. The molecule has 0 aliphatic carbocycles. The highest BCUT2D eigenvalue weighted by Crippen LogP contribution is 2.23. The molecule has 5 heteroatoms. The van der Waals surface area contributed by atoms with Crippen molar-refractivity contribution in [2.24, 2.45) is 0 Å². The van der Waals surface area contributed by atoms with Crippen LogP contribution in [0, 0.1) is 0 Å². The lowest BCUT2D eigenvalue weighted by Gasteiger charge is -2.22. The van der Waals surface area contributed by atoms with Gasteiger partial charge >= 0.3 is 0 Å². The second kappa shape index (κ2) is 5.75. The van der Waals surface area contributed by atoms with E-state index in [2.05, 4.69) is 34.0 Å². The topological polar surface area (TPSA) is 41.1 Å². The van der Waals surface area contributed by atoms with Crippen molar-refractivity contribution < 1.29 is 0 Å². The Balaban J connectivity index is 2.98. The number of hydrogen-bond acceptors (Lipinski definition) is 4. The average molecular weight is 229 g/mol. The molecule has 0 amide bonds. The second-order valence-electron chi connectivity index (χ2n) is 3.19. The molecule has 1 aromatic heterocycles. The summed E-state index contributed by atoms with van der Waals surface area (Å²) in [5, 5.41) is 3.51. The first-order valence-corrected chi connectivity index (χ1v) is 5.55. The molecule has 0 fully saturated rings. The van der Waals surface area contributed by atoms with Crippen LogP contribution in [0.25, 0.3) is 0 Å². The third kappa shape index (κ3) is 2.96. The molecule has 0 saturated heterocycles. The van der Waals surface area contributed by atoms with Gasteiger partial charge in [0.05, 0.1) is 6.20 Å². The Hall–Kier alpha value is -1.03. The van der Waals surface area contributed by atoms with Crippen LogP contribution in [0.1, 0.15) is 20.3 Å². The molecule has 0 radical (unpaired) electrons. The van der Waals surface area contributed by atoms with Crippen molar-refractivity contribution in [1.29, 1.82) is 0 Å². The lowest BCUT2D eigenvalue weighted by Crippen LogP contribution is -2.25. The molecule has 1 N–H and O–H groups in total. The maximum atomic E-state index is 6.07. The van der Waals surface area contributed by atoms with E-state index in [1.54, 1.807) is 13.2 Å². The van der Waals surface area contributed by atoms with Crippen LogP contribution in [-0.2, 0) is 0 Å². The zero-order chi connectivity index (χ0) is 11.3. The van der Waals surface area contributed by atoms with E-state index in [-0.39, 0.29) is 0 Å². The number of anilines is 2. The molecule has 0 aromatic carbocycles. The van der Waals surface area contributed by atoms with Gasteiger partial charge in [0.1, 0.15) is 5.02 Å². The van der Waals surface area contributed by atoms with E-state index in [9.17, 15) is 0 Å². The molecular weight excluding hydrogens is 212 g/mol.